The summed E-state index contributed by atoms with van der Waals surface area (Å²) in [6, 6.07) is -2.85. The summed E-state index contributed by atoms with van der Waals surface area (Å²) in [5.41, 5.74) is 23.3. The lowest BCUT2D eigenvalue weighted by Gasteiger charge is -2.49. The molecule has 27 heteroatoms. The number of hydrogen-bond acceptors (Lipinski definition) is 21. The molecular formula is C22H49N5O20S2. The van der Waals surface area contributed by atoms with Crippen molar-refractivity contribution in [3.8, 4) is 0 Å². The Morgan fingerprint density at radius 3 is 1.71 bits per heavy atom. The Hall–Kier alpha value is -0.940. The lowest BCUT2D eigenvalue weighted by Crippen LogP contribution is -2.69. The number of hydrogen-bond donors (Lipinski definition) is 17. The molecule has 294 valence electrons. The Kier molecular flexibility index (Phi) is 19.1. The van der Waals surface area contributed by atoms with Crippen molar-refractivity contribution in [2.24, 2.45) is 22.9 Å². The molecule has 21 N–H and O–H groups in total. The molecule has 1 saturated carbocycles. The minimum Gasteiger partial charge on any atom is -0.394 e. The summed E-state index contributed by atoms with van der Waals surface area (Å²) >= 11 is 0. The van der Waals surface area contributed by atoms with E-state index in [2.05, 4.69) is 5.32 Å². The van der Waals surface area contributed by atoms with E-state index in [0.29, 0.717) is 6.42 Å². The van der Waals surface area contributed by atoms with Crippen molar-refractivity contribution >= 4 is 20.8 Å². The summed E-state index contributed by atoms with van der Waals surface area (Å²) in [7, 11) is -9.33. The van der Waals surface area contributed by atoms with E-state index in [1.807, 2.05) is 0 Å². The van der Waals surface area contributed by atoms with E-state index in [1.165, 1.54) is 0 Å². The van der Waals surface area contributed by atoms with E-state index in [-0.39, 0.29) is 26.1 Å². The summed E-state index contributed by atoms with van der Waals surface area (Å²) in [6.07, 6.45) is -17.4. The van der Waals surface area contributed by atoms with Gasteiger partial charge in [-0.05, 0) is 19.4 Å². The van der Waals surface area contributed by atoms with Crippen LogP contribution in [0.15, 0.2) is 0 Å². The first-order valence-electron chi connectivity index (χ1n) is 14.5. The van der Waals surface area contributed by atoms with Crippen LogP contribution in [0.25, 0.3) is 0 Å². The Bertz CT molecular complexity index is 1130. The average Bonchev–Trinajstić information content (AvgIpc) is 2.98. The molecule has 3 fully saturated rings. The summed E-state index contributed by atoms with van der Waals surface area (Å²) in [5.74, 6) is 0. The third kappa shape index (κ3) is 15.3. The molecule has 0 spiro atoms. The Morgan fingerprint density at radius 1 is 0.735 bits per heavy atom. The van der Waals surface area contributed by atoms with Gasteiger partial charge in [-0.3, -0.25) is 18.2 Å². The normalized spacial score (nSPS) is 40.7. The second-order valence-corrected chi connectivity index (χ2v) is 13.1. The highest BCUT2D eigenvalue weighted by molar-refractivity contribution is 7.80. The lowest BCUT2D eigenvalue weighted by atomic mass is 9.83. The third-order valence-electron chi connectivity index (χ3n) is 7.55. The fraction of sp³-hybridized carbons (Fsp3) is 1.00. The molecule has 3 aliphatic rings. The van der Waals surface area contributed by atoms with Crippen molar-refractivity contribution in [3.05, 3.63) is 0 Å². The molecule has 0 unspecified atom stereocenters. The van der Waals surface area contributed by atoms with Gasteiger partial charge in [0.2, 0.25) is 0 Å². The van der Waals surface area contributed by atoms with Crippen LogP contribution in [0.4, 0.5) is 0 Å². The standard InChI is InChI=1S/C22H45N5O12.2H2O4S/c23-2-1-7(29)5-27-9-3-8(25)19(38-22-17(34)16(33)14(31)10(4-24)36-22)18(35)20(9)39-21-15(32)12(26)13(30)11(6-28)37-21;2*1-5(2,3)4/h7-22,27-35H,1-6,23-26H2;2*(H2,1,2,3,4)/t7-,8-,9+,10+,11+,12-,13+,14+,15+,16-,17+,18-,19+,20-,21+,22+;;/m0../s1. The van der Waals surface area contributed by atoms with Crippen molar-refractivity contribution in [1.82, 2.24) is 5.32 Å². The number of ether oxygens (including phenoxy) is 4. The molecular weight excluding hydrogens is 718 g/mol. The topological polar surface area (TPSA) is 464 Å². The van der Waals surface area contributed by atoms with E-state index in [1.54, 1.807) is 0 Å². The Balaban J connectivity index is 0.00000105. The Labute approximate surface area is 280 Å². The smallest absolute Gasteiger partial charge is 0.394 e. The maximum absolute atomic E-state index is 11.4. The molecule has 2 aliphatic heterocycles. The van der Waals surface area contributed by atoms with Gasteiger partial charge in [0.05, 0.1) is 18.8 Å². The SMILES string of the molecule is NCC[C@H](O)CN[C@@H]1C[C@H](N)[C@@H](O[C@H]2O[C@H](CN)[C@@H](O)[C@H](O)[C@H]2O)[C@H](O)[C@H]1O[C@H]1O[C@H](CO)[C@@H](O)[C@H](N)[C@H]1O.O=S(=O)(O)O.O=S(=O)(O)O. The van der Waals surface area contributed by atoms with Gasteiger partial charge in [0.15, 0.2) is 12.6 Å². The molecule has 2 heterocycles. The van der Waals surface area contributed by atoms with Gasteiger partial charge < -0.3 is 88.1 Å². The van der Waals surface area contributed by atoms with Crippen molar-refractivity contribution in [2.45, 2.75) is 111 Å². The van der Waals surface area contributed by atoms with E-state index >= 15 is 0 Å². The summed E-state index contributed by atoms with van der Waals surface area (Å²) < 4.78 is 85.9. The summed E-state index contributed by atoms with van der Waals surface area (Å²) in [4.78, 5) is 0. The highest BCUT2D eigenvalue weighted by Gasteiger charge is 2.52. The van der Waals surface area contributed by atoms with Crippen molar-refractivity contribution in [1.29, 1.82) is 0 Å². The summed E-state index contributed by atoms with van der Waals surface area (Å²) in [6.45, 7) is -0.511. The molecule has 3 rings (SSSR count). The first-order valence-corrected chi connectivity index (χ1v) is 17.3. The minimum absolute atomic E-state index is 0.0605. The molecule has 16 atom stereocenters. The molecule has 0 aromatic carbocycles. The van der Waals surface area contributed by atoms with Gasteiger partial charge in [0.25, 0.3) is 0 Å². The number of nitrogens with one attached hydrogen (secondary N) is 1. The fourth-order valence-corrected chi connectivity index (χ4v) is 5.14. The van der Waals surface area contributed by atoms with Gasteiger partial charge in [0.1, 0.15) is 61.0 Å². The number of aliphatic hydroxyl groups excluding tert-OH is 8. The predicted molar refractivity (Wildman–Crippen MR) is 160 cm³/mol. The number of rotatable bonds is 11. The van der Waals surface area contributed by atoms with Crippen LogP contribution in [0.1, 0.15) is 12.8 Å². The van der Waals surface area contributed by atoms with Crippen LogP contribution in [0.2, 0.25) is 0 Å². The predicted octanol–water partition coefficient (Wildman–Crippen LogP) is -9.26. The number of nitrogens with two attached hydrogens (primary N) is 4. The maximum Gasteiger partial charge on any atom is 0.394 e. The second kappa shape index (κ2) is 20.3. The quantitative estimate of drug-likeness (QED) is 0.0868. The van der Waals surface area contributed by atoms with E-state index in [9.17, 15) is 40.9 Å². The van der Waals surface area contributed by atoms with E-state index in [0.717, 1.165) is 0 Å². The van der Waals surface area contributed by atoms with Gasteiger partial charge in [-0.25, -0.2) is 0 Å². The zero-order valence-electron chi connectivity index (χ0n) is 25.7. The molecule has 0 aromatic heterocycles. The minimum atomic E-state index is -4.67. The van der Waals surface area contributed by atoms with Crippen LogP contribution >= 0.6 is 0 Å². The average molecular weight is 768 g/mol. The highest BCUT2D eigenvalue weighted by Crippen LogP contribution is 2.32. The number of aliphatic hydroxyl groups is 8. The zero-order valence-corrected chi connectivity index (χ0v) is 27.4. The second-order valence-electron chi connectivity index (χ2n) is 11.3. The van der Waals surface area contributed by atoms with Crippen LogP contribution in [0.3, 0.4) is 0 Å². The van der Waals surface area contributed by atoms with Crippen molar-refractivity contribution in [3.63, 3.8) is 0 Å². The van der Waals surface area contributed by atoms with Crippen molar-refractivity contribution < 1.29 is 94.8 Å². The van der Waals surface area contributed by atoms with Gasteiger partial charge in [0, 0.05) is 25.2 Å². The van der Waals surface area contributed by atoms with Gasteiger partial charge in [-0.1, -0.05) is 0 Å². The lowest BCUT2D eigenvalue weighted by molar-refractivity contribution is -0.332. The molecule has 49 heavy (non-hydrogen) atoms. The van der Waals surface area contributed by atoms with Crippen LogP contribution in [-0.4, -0.2) is 200 Å². The molecule has 0 radical (unpaired) electrons. The third-order valence-corrected chi connectivity index (χ3v) is 7.55. The fourth-order valence-electron chi connectivity index (χ4n) is 5.14. The van der Waals surface area contributed by atoms with Crippen LogP contribution < -0.4 is 28.3 Å². The van der Waals surface area contributed by atoms with Crippen LogP contribution in [0.5, 0.6) is 0 Å². The maximum atomic E-state index is 11.4. The monoisotopic (exact) mass is 767 g/mol. The highest BCUT2D eigenvalue weighted by atomic mass is 32.3. The first kappa shape index (κ1) is 46.1. The summed E-state index contributed by atoms with van der Waals surface area (Å²) in [5, 5.41) is 85.6. The Morgan fingerprint density at radius 2 is 1.22 bits per heavy atom. The molecule has 0 amide bonds. The van der Waals surface area contributed by atoms with Gasteiger partial charge in [-0.2, -0.15) is 16.8 Å². The molecule has 0 bridgehead atoms. The zero-order chi connectivity index (χ0) is 38.0. The molecule has 1 aliphatic carbocycles. The van der Waals surface area contributed by atoms with Crippen LogP contribution in [0, 0.1) is 0 Å². The largest absolute Gasteiger partial charge is 0.394 e. The molecule has 0 aromatic rings. The van der Waals surface area contributed by atoms with Gasteiger partial charge >= 0.3 is 20.8 Å². The van der Waals surface area contributed by atoms with E-state index < -0.39 is 125 Å². The molecule has 25 nitrogen and oxygen atoms in total. The first-order chi connectivity index (χ1) is 22.4. The van der Waals surface area contributed by atoms with Crippen LogP contribution in [-0.2, 0) is 39.7 Å². The molecule has 2 saturated heterocycles. The van der Waals surface area contributed by atoms with Gasteiger partial charge in [-0.15, -0.1) is 0 Å². The van der Waals surface area contributed by atoms with Crippen molar-refractivity contribution in [2.75, 3.05) is 26.2 Å². The van der Waals surface area contributed by atoms with E-state index in [4.69, 9.17) is 76.9 Å².